The number of anilines is 1. The molecule has 0 aliphatic rings. The molecule has 2 rings (SSSR count). The van der Waals surface area contributed by atoms with E-state index in [9.17, 15) is 4.79 Å². The van der Waals surface area contributed by atoms with Gasteiger partial charge in [0.05, 0.1) is 18.5 Å². The summed E-state index contributed by atoms with van der Waals surface area (Å²) in [5, 5.41) is 17.1. The quantitative estimate of drug-likeness (QED) is 0.817. The zero-order chi connectivity index (χ0) is 15.4. The van der Waals surface area contributed by atoms with Crippen LogP contribution in [-0.2, 0) is 11.3 Å². The van der Waals surface area contributed by atoms with Gasteiger partial charge in [0.25, 0.3) is 0 Å². The molecule has 0 atom stereocenters. The first kappa shape index (κ1) is 15.2. The van der Waals surface area contributed by atoms with Gasteiger partial charge in [0.15, 0.2) is 0 Å². The molecule has 1 aromatic heterocycles. The van der Waals surface area contributed by atoms with Crippen molar-refractivity contribution in [2.75, 3.05) is 39.1 Å². The molecule has 0 amide bonds. The Bertz CT molecular complexity index is 623. The molecular formula is C14H21N5O2. The maximum absolute atomic E-state index is 10.6. The van der Waals surface area contributed by atoms with E-state index in [0.717, 1.165) is 29.8 Å². The number of aromatic nitrogens is 3. The Morgan fingerprint density at radius 3 is 2.71 bits per heavy atom. The van der Waals surface area contributed by atoms with E-state index < -0.39 is 5.97 Å². The first-order chi connectivity index (χ1) is 9.97. The Morgan fingerprint density at radius 2 is 2.05 bits per heavy atom. The number of carboxylic acids is 1. The lowest BCUT2D eigenvalue weighted by Gasteiger charge is -2.18. The van der Waals surface area contributed by atoms with Crippen molar-refractivity contribution in [1.29, 1.82) is 0 Å². The zero-order valence-corrected chi connectivity index (χ0v) is 12.7. The molecule has 7 nitrogen and oxygen atoms in total. The lowest BCUT2D eigenvalue weighted by molar-refractivity contribution is -0.136. The average Bonchev–Trinajstić information content (AvgIpc) is 2.84. The van der Waals surface area contributed by atoms with Crippen molar-refractivity contribution in [3.63, 3.8) is 0 Å². The first-order valence-corrected chi connectivity index (χ1v) is 6.88. The van der Waals surface area contributed by atoms with Crippen LogP contribution in [0.2, 0.25) is 0 Å². The van der Waals surface area contributed by atoms with Crippen LogP contribution in [0.15, 0.2) is 18.2 Å². The van der Waals surface area contributed by atoms with E-state index in [1.807, 2.05) is 48.9 Å². The van der Waals surface area contributed by atoms with E-state index in [1.54, 1.807) is 0 Å². The summed E-state index contributed by atoms with van der Waals surface area (Å²) in [5.74, 6) is -0.794. The molecule has 0 bridgehead atoms. The number of benzene rings is 1. The van der Waals surface area contributed by atoms with E-state index >= 15 is 0 Å². The van der Waals surface area contributed by atoms with Crippen molar-refractivity contribution in [1.82, 2.24) is 19.9 Å². The minimum atomic E-state index is -0.794. The highest BCUT2D eigenvalue weighted by atomic mass is 16.4. The molecule has 21 heavy (non-hydrogen) atoms. The summed E-state index contributed by atoms with van der Waals surface area (Å²) in [4.78, 5) is 14.6. The molecule has 0 saturated heterocycles. The fourth-order valence-corrected chi connectivity index (χ4v) is 2.05. The van der Waals surface area contributed by atoms with Crippen LogP contribution < -0.4 is 4.90 Å². The second kappa shape index (κ2) is 6.53. The van der Waals surface area contributed by atoms with E-state index in [2.05, 4.69) is 15.2 Å². The minimum Gasteiger partial charge on any atom is -0.481 e. The van der Waals surface area contributed by atoms with Crippen LogP contribution >= 0.6 is 0 Å². The molecule has 0 radical (unpaired) electrons. The van der Waals surface area contributed by atoms with Crippen molar-refractivity contribution >= 4 is 22.7 Å². The predicted molar refractivity (Wildman–Crippen MR) is 81.6 cm³/mol. The van der Waals surface area contributed by atoms with Crippen LogP contribution in [0.3, 0.4) is 0 Å². The van der Waals surface area contributed by atoms with Crippen LogP contribution in [-0.4, -0.2) is 65.2 Å². The Balaban J connectivity index is 2.13. The van der Waals surface area contributed by atoms with Gasteiger partial charge >= 0.3 is 5.97 Å². The number of aliphatic carboxylic acids is 1. The predicted octanol–water partition coefficient (Wildman–Crippen LogP) is 0.904. The molecule has 1 heterocycles. The standard InChI is InChI=1S/C14H21N5O2/c1-17(2)8-9-19-13-5-4-11(10-12(13)15-16-19)18(3)7-6-14(20)21/h4-5,10H,6-9H2,1-3H3,(H,20,21). The zero-order valence-electron chi connectivity index (χ0n) is 12.7. The summed E-state index contributed by atoms with van der Waals surface area (Å²) in [6.07, 6.45) is 0.115. The third kappa shape index (κ3) is 3.91. The van der Waals surface area contributed by atoms with Crippen LogP contribution in [0.1, 0.15) is 6.42 Å². The van der Waals surface area contributed by atoms with Gasteiger partial charge in [0.1, 0.15) is 5.52 Å². The fraction of sp³-hybridized carbons (Fsp3) is 0.500. The number of nitrogens with zero attached hydrogens (tertiary/aromatic N) is 5. The number of carboxylic acid groups (broad SMARTS) is 1. The Kier molecular flexibility index (Phi) is 4.74. The number of hydrogen-bond acceptors (Lipinski definition) is 5. The van der Waals surface area contributed by atoms with Gasteiger partial charge in [0, 0.05) is 25.8 Å². The smallest absolute Gasteiger partial charge is 0.305 e. The summed E-state index contributed by atoms with van der Waals surface area (Å²) < 4.78 is 1.89. The lowest BCUT2D eigenvalue weighted by atomic mass is 10.2. The molecule has 0 aliphatic heterocycles. The second-order valence-corrected chi connectivity index (χ2v) is 5.35. The van der Waals surface area contributed by atoms with Gasteiger partial charge in [-0.1, -0.05) is 5.21 Å². The monoisotopic (exact) mass is 291 g/mol. The summed E-state index contributed by atoms with van der Waals surface area (Å²) in [5.41, 5.74) is 2.77. The third-order valence-electron chi connectivity index (χ3n) is 3.36. The van der Waals surface area contributed by atoms with Gasteiger partial charge < -0.3 is 14.9 Å². The fourth-order valence-electron chi connectivity index (χ4n) is 2.05. The summed E-state index contributed by atoms with van der Waals surface area (Å²) in [6.45, 7) is 2.16. The van der Waals surface area contributed by atoms with Gasteiger partial charge in [-0.3, -0.25) is 4.79 Å². The van der Waals surface area contributed by atoms with Crippen molar-refractivity contribution in [3.05, 3.63) is 18.2 Å². The molecule has 2 aromatic rings. The molecule has 0 unspecified atom stereocenters. The molecule has 0 spiro atoms. The van der Waals surface area contributed by atoms with Crippen molar-refractivity contribution in [2.24, 2.45) is 0 Å². The third-order valence-corrected chi connectivity index (χ3v) is 3.36. The van der Waals surface area contributed by atoms with Gasteiger partial charge in [0.2, 0.25) is 0 Å². The average molecular weight is 291 g/mol. The molecule has 114 valence electrons. The molecule has 1 aromatic carbocycles. The molecule has 0 saturated carbocycles. The highest BCUT2D eigenvalue weighted by molar-refractivity contribution is 5.79. The van der Waals surface area contributed by atoms with E-state index in [0.29, 0.717) is 6.54 Å². The van der Waals surface area contributed by atoms with E-state index in [1.165, 1.54) is 0 Å². The van der Waals surface area contributed by atoms with Crippen LogP contribution in [0.4, 0.5) is 5.69 Å². The highest BCUT2D eigenvalue weighted by Gasteiger charge is 2.09. The maximum atomic E-state index is 10.6. The molecular weight excluding hydrogens is 270 g/mol. The van der Waals surface area contributed by atoms with E-state index in [4.69, 9.17) is 5.11 Å². The van der Waals surface area contributed by atoms with Crippen LogP contribution in [0, 0.1) is 0 Å². The minimum absolute atomic E-state index is 0.115. The summed E-state index contributed by atoms with van der Waals surface area (Å²) >= 11 is 0. The van der Waals surface area contributed by atoms with E-state index in [-0.39, 0.29) is 6.42 Å². The number of carbonyl (C=O) groups is 1. The number of hydrogen-bond donors (Lipinski definition) is 1. The molecule has 0 aliphatic carbocycles. The molecule has 1 N–H and O–H groups in total. The first-order valence-electron chi connectivity index (χ1n) is 6.88. The number of fused-ring (bicyclic) bond motifs is 1. The van der Waals surface area contributed by atoms with Crippen LogP contribution in [0.5, 0.6) is 0 Å². The van der Waals surface area contributed by atoms with Gasteiger partial charge in [-0.2, -0.15) is 0 Å². The maximum Gasteiger partial charge on any atom is 0.305 e. The van der Waals surface area contributed by atoms with Crippen molar-refractivity contribution in [3.8, 4) is 0 Å². The largest absolute Gasteiger partial charge is 0.481 e. The summed E-state index contributed by atoms with van der Waals surface area (Å²) in [6, 6.07) is 5.90. The van der Waals surface area contributed by atoms with Gasteiger partial charge in [-0.25, -0.2) is 4.68 Å². The number of likely N-dealkylation sites (N-methyl/N-ethyl adjacent to an activating group) is 1. The SMILES string of the molecule is CN(C)CCn1nnc2cc(N(C)CCC(=O)O)ccc21. The Morgan fingerprint density at radius 1 is 1.29 bits per heavy atom. The lowest BCUT2D eigenvalue weighted by Crippen LogP contribution is -2.21. The Hall–Kier alpha value is -2.15. The topological polar surface area (TPSA) is 74.5 Å². The number of rotatable bonds is 7. The second-order valence-electron chi connectivity index (χ2n) is 5.35. The van der Waals surface area contributed by atoms with Gasteiger partial charge in [-0.05, 0) is 32.3 Å². The van der Waals surface area contributed by atoms with Crippen molar-refractivity contribution < 1.29 is 9.90 Å². The normalized spacial score (nSPS) is 11.2. The molecule has 0 fully saturated rings. The van der Waals surface area contributed by atoms with Crippen LogP contribution in [0.25, 0.3) is 11.0 Å². The molecule has 7 heteroatoms. The Labute approximate surface area is 123 Å². The highest BCUT2D eigenvalue weighted by Crippen LogP contribution is 2.19. The van der Waals surface area contributed by atoms with Gasteiger partial charge in [-0.15, -0.1) is 5.10 Å². The summed E-state index contributed by atoms with van der Waals surface area (Å²) in [7, 11) is 5.92. The van der Waals surface area contributed by atoms with Crippen molar-refractivity contribution in [2.45, 2.75) is 13.0 Å².